The Morgan fingerprint density at radius 1 is 1.40 bits per heavy atom. The molecule has 0 radical (unpaired) electrons. The maximum atomic E-state index is 11.5. The molecule has 5 nitrogen and oxygen atoms in total. The molecule has 6 heteroatoms. The van der Waals surface area contributed by atoms with E-state index in [0.717, 1.165) is 0 Å². The molecule has 2 N–H and O–H groups in total. The average Bonchev–Trinajstić information content (AvgIpc) is 2.17. The first kappa shape index (κ1) is 11.5. The predicted molar refractivity (Wildman–Crippen MR) is 54.5 cm³/mol. The summed E-state index contributed by atoms with van der Waals surface area (Å²) in [5.74, 6) is 0.111. The number of carbonyl (C=O) groups excluding carboxylic acids is 1. The van der Waals surface area contributed by atoms with Gasteiger partial charge in [-0.25, -0.2) is 8.42 Å². The van der Waals surface area contributed by atoms with Crippen LogP contribution in [0.1, 0.15) is 5.56 Å². The van der Waals surface area contributed by atoms with E-state index < -0.39 is 15.1 Å². The molecule has 0 fully saturated rings. The van der Waals surface area contributed by atoms with E-state index in [1.807, 2.05) is 0 Å². The number of ether oxygens (including phenoxy) is 1. The number of hydrogen-bond acceptors (Lipinski definition) is 4. The molecule has 0 spiro atoms. The van der Waals surface area contributed by atoms with Crippen molar-refractivity contribution < 1.29 is 17.9 Å². The lowest BCUT2D eigenvalue weighted by atomic mass is 10.2. The number of sulfone groups is 1. The van der Waals surface area contributed by atoms with E-state index in [-0.39, 0.29) is 10.6 Å². The highest BCUT2D eigenvalue weighted by atomic mass is 32.2. The van der Waals surface area contributed by atoms with Crippen LogP contribution in [-0.4, -0.2) is 20.8 Å². The predicted octanol–water partition coefficient (Wildman–Crippen LogP) is 0.856. The molecule has 0 bridgehead atoms. The minimum absolute atomic E-state index is 0.111. The molecule has 0 aliphatic rings. The van der Waals surface area contributed by atoms with Gasteiger partial charge in [0.15, 0.2) is 0 Å². The van der Waals surface area contributed by atoms with Crippen molar-refractivity contribution in [2.24, 2.45) is 5.73 Å². The molecule has 1 aromatic carbocycles. The van der Waals surface area contributed by atoms with E-state index in [2.05, 4.69) is 0 Å². The second-order valence-electron chi connectivity index (χ2n) is 2.98. The standard InChI is InChI=1S/C9H11NO4S/c1-6-3-4-7(14-2)8(5-6)15(12,13)9(10)11/h3-5H,1-2H3,(H2,10,11). The van der Waals surface area contributed by atoms with Gasteiger partial charge in [0.1, 0.15) is 10.6 Å². The molecule has 0 atom stereocenters. The number of methoxy groups -OCH3 is 1. The molecular weight excluding hydrogens is 218 g/mol. The van der Waals surface area contributed by atoms with Crippen molar-refractivity contribution in [3.8, 4) is 5.75 Å². The van der Waals surface area contributed by atoms with E-state index in [1.54, 1.807) is 13.0 Å². The lowest BCUT2D eigenvalue weighted by molar-refractivity contribution is 0.265. The van der Waals surface area contributed by atoms with Crippen LogP contribution in [0, 0.1) is 6.92 Å². The molecule has 0 aliphatic heterocycles. The van der Waals surface area contributed by atoms with Crippen LogP contribution < -0.4 is 10.5 Å². The number of carbonyl (C=O) groups is 1. The summed E-state index contributed by atoms with van der Waals surface area (Å²) in [7, 11) is -2.80. The summed E-state index contributed by atoms with van der Waals surface area (Å²) in [5, 5.41) is -1.38. The van der Waals surface area contributed by atoms with E-state index in [1.165, 1.54) is 19.2 Å². The van der Waals surface area contributed by atoms with Crippen LogP contribution in [0.3, 0.4) is 0 Å². The quantitative estimate of drug-likeness (QED) is 0.814. The van der Waals surface area contributed by atoms with Gasteiger partial charge >= 0.3 is 5.24 Å². The second-order valence-corrected chi connectivity index (χ2v) is 4.83. The Balaban J connectivity index is 3.49. The fourth-order valence-corrected chi connectivity index (χ4v) is 2.08. The number of nitrogens with two attached hydrogens (primary N) is 1. The first-order valence-corrected chi connectivity index (χ1v) is 5.57. The van der Waals surface area contributed by atoms with Gasteiger partial charge in [0.25, 0.3) is 9.84 Å². The van der Waals surface area contributed by atoms with E-state index >= 15 is 0 Å². The SMILES string of the molecule is COc1ccc(C)cc1S(=O)(=O)C(N)=O. The van der Waals surface area contributed by atoms with Gasteiger partial charge < -0.3 is 10.5 Å². The van der Waals surface area contributed by atoms with Gasteiger partial charge in [0, 0.05) is 0 Å². The first-order chi connectivity index (χ1) is 6.89. The van der Waals surface area contributed by atoms with E-state index in [4.69, 9.17) is 10.5 Å². The van der Waals surface area contributed by atoms with Crippen molar-refractivity contribution >= 4 is 15.1 Å². The first-order valence-electron chi connectivity index (χ1n) is 4.08. The smallest absolute Gasteiger partial charge is 0.338 e. The Morgan fingerprint density at radius 3 is 2.47 bits per heavy atom. The minimum atomic E-state index is -4.13. The number of amides is 1. The Labute approximate surface area is 87.8 Å². The molecule has 0 saturated carbocycles. The molecule has 0 heterocycles. The Hall–Kier alpha value is -1.56. The number of rotatable bonds is 2. The fourth-order valence-electron chi connectivity index (χ4n) is 1.10. The lowest BCUT2D eigenvalue weighted by Gasteiger charge is -2.07. The zero-order chi connectivity index (χ0) is 11.6. The third-order valence-corrected chi connectivity index (χ3v) is 3.30. The van der Waals surface area contributed by atoms with Gasteiger partial charge in [0.2, 0.25) is 0 Å². The average molecular weight is 229 g/mol. The summed E-state index contributed by atoms with van der Waals surface area (Å²) in [6, 6.07) is 4.50. The summed E-state index contributed by atoms with van der Waals surface area (Å²) in [6.45, 7) is 1.71. The maximum Gasteiger partial charge on any atom is 0.338 e. The van der Waals surface area contributed by atoms with Gasteiger partial charge in [-0.15, -0.1) is 0 Å². The molecule has 0 unspecified atom stereocenters. The number of hydrogen-bond donors (Lipinski definition) is 1. The summed E-state index contributed by atoms with van der Waals surface area (Å²) in [4.78, 5) is 10.6. The van der Waals surface area contributed by atoms with Gasteiger partial charge in [0.05, 0.1) is 7.11 Å². The van der Waals surface area contributed by atoms with E-state index in [0.29, 0.717) is 5.56 Å². The molecule has 0 aliphatic carbocycles. The zero-order valence-corrected chi connectivity index (χ0v) is 9.17. The van der Waals surface area contributed by atoms with Gasteiger partial charge in [-0.3, -0.25) is 4.79 Å². The maximum absolute atomic E-state index is 11.5. The van der Waals surface area contributed by atoms with Crippen LogP contribution in [0.25, 0.3) is 0 Å². The molecule has 0 saturated heterocycles. The van der Waals surface area contributed by atoms with Gasteiger partial charge in [-0.1, -0.05) is 6.07 Å². The molecule has 82 valence electrons. The number of aryl methyl sites for hydroxylation is 1. The Morgan fingerprint density at radius 2 is 2.00 bits per heavy atom. The summed E-state index contributed by atoms with van der Waals surface area (Å²) in [5.41, 5.74) is 5.50. The van der Waals surface area contributed by atoms with Crippen molar-refractivity contribution in [3.63, 3.8) is 0 Å². The molecule has 1 amide bonds. The van der Waals surface area contributed by atoms with Crippen LogP contribution in [0.4, 0.5) is 4.79 Å². The third kappa shape index (κ3) is 2.10. The second kappa shape index (κ2) is 3.90. The third-order valence-electron chi connectivity index (χ3n) is 1.87. The van der Waals surface area contributed by atoms with Crippen LogP contribution in [0.15, 0.2) is 23.1 Å². The fraction of sp³-hybridized carbons (Fsp3) is 0.222. The highest BCUT2D eigenvalue weighted by molar-refractivity contribution is 8.06. The van der Waals surface area contributed by atoms with Crippen molar-refractivity contribution in [2.45, 2.75) is 11.8 Å². The van der Waals surface area contributed by atoms with E-state index in [9.17, 15) is 13.2 Å². The van der Waals surface area contributed by atoms with Crippen molar-refractivity contribution in [1.82, 2.24) is 0 Å². The Kier molecular flexibility index (Phi) is 2.99. The molecule has 15 heavy (non-hydrogen) atoms. The summed E-state index contributed by atoms with van der Waals surface area (Å²) >= 11 is 0. The van der Waals surface area contributed by atoms with Crippen LogP contribution in [0.5, 0.6) is 5.75 Å². The zero-order valence-electron chi connectivity index (χ0n) is 8.35. The monoisotopic (exact) mass is 229 g/mol. The largest absolute Gasteiger partial charge is 0.495 e. The van der Waals surface area contributed by atoms with Crippen molar-refractivity contribution in [1.29, 1.82) is 0 Å². The normalized spacial score (nSPS) is 11.1. The van der Waals surface area contributed by atoms with Gasteiger partial charge in [-0.05, 0) is 24.6 Å². The lowest BCUT2D eigenvalue weighted by Crippen LogP contribution is -2.22. The number of benzene rings is 1. The molecule has 0 aromatic heterocycles. The topological polar surface area (TPSA) is 86.5 Å². The highest BCUT2D eigenvalue weighted by Crippen LogP contribution is 2.25. The molecule has 1 rings (SSSR count). The Bertz CT molecular complexity index is 493. The van der Waals surface area contributed by atoms with Crippen LogP contribution >= 0.6 is 0 Å². The van der Waals surface area contributed by atoms with Crippen LogP contribution in [-0.2, 0) is 9.84 Å². The summed E-state index contributed by atoms with van der Waals surface area (Å²) < 4.78 is 27.9. The van der Waals surface area contributed by atoms with Crippen molar-refractivity contribution in [2.75, 3.05) is 7.11 Å². The summed E-state index contributed by atoms with van der Waals surface area (Å²) in [6.07, 6.45) is 0. The van der Waals surface area contributed by atoms with Crippen LogP contribution in [0.2, 0.25) is 0 Å². The van der Waals surface area contributed by atoms with Crippen molar-refractivity contribution in [3.05, 3.63) is 23.8 Å². The minimum Gasteiger partial charge on any atom is -0.495 e. The van der Waals surface area contributed by atoms with Gasteiger partial charge in [-0.2, -0.15) is 0 Å². The number of primary amides is 1. The molecular formula is C9H11NO4S. The highest BCUT2D eigenvalue weighted by Gasteiger charge is 2.25. The molecule has 1 aromatic rings.